The van der Waals surface area contributed by atoms with Crippen LogP contribution in [0, 0.1) is 12.7 Å². The van der Waals surface area contributed by atoms with Gasteiger partial charge in [-0.05, 0) is 37.0 Å². The van der Waals surface area contributed by atoms with Gasteiger partial charge in [-0.25, -0.2) is 17.9 Å². The van der Waals surface area contributed by atoms with Crippen LogP contribution in [0.1, 0.15) is 30.0 Å². The normalized spacial score (nSPS) is 25.1. The number of hydrogen-bond acceptors (Lipinski definition) is 3. The first-order valence-corrected chi connectivity index (χ1v) is 7.50. The van der Waals surface area contributed by atoms with Crippen molar-refractivity contribution in [2.75, 3.05) is 6.54 Å². The first-order chi connectivity index (χ1) is 8.38. The van der Waals surface area contributed by atoms with Gasteiger partial charge in [0.15, 0.2) is 0 Å². The number of rotatable bonds is 2. The molecule has 0 aliphatic carbocycles. The third-order valence-electron chi connectivity index (χ3n) is 3.42. The Balaban J connectivity index is 2.08. The molecule has 1 saturated heterocycles. The number of aryl methyl sites for hydroxylation is 1. The Bertz CT molecular complexity index is 537. The number of benzene rings is 1. The highest BCUT2D eigenvalue weighted by atomic mass is 32.2. The summed E-state index contributed by atoms with van der Waals surface area (Å²) in [6.45, 7) is 2.06. The largest absolute Gasteiger partial charge is 0.309 e. The minimum atomic E-state index is -3.47. The van der Waals surface area contributed by atoms with E-state index in [2.05, 4.69) is 5.32 Å². The molecule has 100 valence electrons. The van der Waals surface area contributed by atoms with Crippen molar-refractivity contribution in [2.24, 2.45) is 5.14 Å². The van der Waals surface area contributed by atoms with Crippen molar-refractivity contribution in [1.29, 1.82) is 0 Å². The molecule has 1 aromatic carbocycles. The van der Waals surface area contributed by atoms with E-state index in [0.29, 0.717) is 24.9 Å². The lowest BCUT2D eigenvalue weighted by Crippen LogP contribution is -2.43. The summed E-state index contributed by atoms with van der Waals surface area (Å²) in [7, 11) is -3.47. The van der Waals surface area contributed by atoms with Gasteiger partial charge in [0.25, 0.3) is 0 Å². The quantitative estimate of drug-likeness (QED) is 0.850. The third kappa shape index (κ3) is 2.88. The predicted octanol–water partition coefficient (Wildman–Crippen LogP) is 1.22. The second-order valence-corrected chi connectivity index (χ2v) is 6.60. The molecule has 4 nitrogen and oxygen atoms in total. The second-order valence-electron chi connectivity index (χ2n) is 4.76. The average Bonchev–Trinajstić information content (AvgIpc) is 2.32. The maximum atomic E-state index is 13.2. The number of primary sulfonamides is 1. The van der Waals surface area contributed by atoms with Crippen LogP contribution >= 0.6 is 0 Å². The van der Waals surface area contributed by atoms with E-state index in [1.807, 2.05) is 0 Å². The summed E-state index contributed by atoms with van der Waals surface area (Å²) >= 11 is 0. The van der Waals surface area contributed by atoms with Gasteiger partial charge in [-0.2, -0.15) is 0 Å². The van der Waals surface area contributed by atoms with Crippen LogP contribution < -0.4 is 10.5 Å². The summed E-state index contributed by atoms with van der Waals surface area (Å²) in [6.07, 6.45) is 1.22. The number of sulfonamides is 1. The van der Waals surface area contributed by atoms with Gasteiger partial charge in [0.2, 0.25) is 10.0 Å². The maximum absolute atomic E-state index is 13.2. The van der Waals surface area contributed by atoms with Crippen molar-refractivity contribution in [2.45, 2.75) is 31.1 Å². The van der Waals surface area contributed by atoms with Crippen molar-refractivity contribution < 1.29 is 12.8 Å². The molecular formula is C12H17FN2O2S. The van der Waals surface area contributed by atoms with Gasteiger partial charge in [-0.3, -0.25) is 0 Å². The number of halogens is 1. The van der Waals surface area contributed by atoms with Crippen LogP contribution in [0.25, 0.3) is 0 Å². The fraction of sp³-hybridized carbons (Fsp3) is 0.500. The van der Waals surface area contributed by atoms with E-state index in [9.17, 15) is 12.8 Å². The van der Waals surface area contributed by atoms with Crippen molar-refractivity contribution in [1.82, 2.24) is 5.32 Å². The van der Waals surface area contributed by atoms with Crippen LogP contribution in [-0.4, -0.2) is 20.2 Å². The predicted molar refractivity (Wildman–Crippen MR) is 68.0 cm³/mol. The Morgan fingerprint density at radius 3 is 2.61 bits per heavy atom. The zero-order valence-corrected chi connectivity index (χ0v) is 11.0. The first-order valence-electron chi connectivity index (χ1n) is 5.89. The number of nitrogens with two attached hydrogens (primary N) is 1. The molecule has 0 spiro atoms. The molecule has 1 aromatic rings. The smallest absolute Gasteiger partial charge is 0.213 e. The Hall–Kier alpha value is -0.980. The first kappa shape index (κ1) is 13.5. The second kappa shape index (κ2) is 4.95. The molecule has 2 unspecified atom stereocenters. The molecule has 3 N–H and O–H groups in total. The summed E-state index contributed by atoms with van der Waals surface area (Å²) in [5.41, 5.74) is 1.59. The minimum Gasteiger partial charge on any atom is -0.309 e. The molecule has 0 aromatic heterocycles. The lowest BCUT2D eigenvalue weighted by Gasteiger charge is -2.29. The Morgan fingerprint density at radius 1 is 1.39 bits per heavy atom. The van der Waals surface area contributed by atoms with E-state index in [4.69, 9.17) is 5.14 Å². The van der Waals surface area contributed by atoms with E-state index in [1.54, 1.807) is 19.1 Å². The molecule has 0 bridgehead atoms. The minimum absolute atomic E-state index is 0.0716. The number of piperidine rings is 1. The molecule has 1 aliphatic rings. The summed E-state index contributed by atoms with van der Waals surface area (Å²) in [5, 5.41) is 7.76. The van der Waals surface area contributed by atoms with Crippen LogP contribution in [0.15, 0.2) is 18.2 Å². The number of nitrogens with one attached hydrogen (secondary N) is 1. The maximum Gasteiger partial charge on any atom is 0.213 e. The van der Waals surface area contributed by atoms with Crippen molar-refractivity contribution in [3.05, 3.63) is 35.1 Å². The summed E-state index contributed by atoms with van der Waals surface area (Å²) in [5.74, 6) is -0.225. The van der Waals surface area contributed by atoms with Crippen LogP contribution in [0.4, 0.5) is 4.39 Å². The summed E-state index contributed by atoms with van der Waals surface area (Å²) in [4.78, 5) is 0. The zero-order chi connectivity index (χ0) is 13.3. The third-order valence-corrected chi connectivity index (χ3v) is 4.75. The molecule has 0 amide bonds. The topological polar surface area (TPSA) is 72.2 Å². The van der Waals surface area contributed by atoms with Crippen LogP contribution in [0.3, 0.4) is 0 Å². The molecule has 2 rings (SSSR count). The molecule has 1 heterocycles. The van der Waals surface area contributed by atoms with E-state index in [0.717, 1.165) is 5.56 Å². The SMILES string of the molecule is Cc1cc(C2CCC(S(N)(=O)=O)CN2)ccc1F. The van der Waals surface area contributed by atoms with Gasteiger partial charge in [0.1, 0.15) is 5.82 Å². The molecule has 0 saturated carbocycles. The van der Waals surface area contributed by atoms with E-state index in [1.165, 1.54) is 6.07 Å². The zero-order valence-electron chi connectivity index (χ0n) is 10.2. The summed E-state index contributed by atoms with van der Waals surface area (Å²) in [6, 6.07) is 5.04. The van der Waals surface area contributed by atoms with Gasteiger partial charge in [0.05, 0.1) is 5.25 Å². The highest BCUT2D eigenvalue weighted by molar-refractivity contribution is 7.89. The van der Waals surface area contributed by atoms with Crippen LogP contribution in [0.5, 0.6) is 0 Å². The Morgan fingerprint density at radius 2 is 2.11 bits per heavy atom. The fourth-order valence-electron chi connectivity index (χ4n) is 2.28. The van der Waals surface area contributed by atoms with E-state index < -0.39 is 15.3 Å². The molecule has 2 atom stereocenters. The Kier molecular flexibility index (Phi) is 3.70. The van der Waals surface area contributed by atoms with Gasteiger partial charge in [-0.1, -0.05) is 12.1 Å². The molecule has 0 radical (unpaired) electrons. The van der Waals surface area contributed by atoms with Gasteiger partial charge < -0.3 is 5.32 Å². The standard InChI is InChI=1S/C12H17FN2O2S/c1-8-6-9(2-4-11(8)13)12-5-3-10(7-15-12)18(14,16)17/h2,4,6,10,12,15H,3,5,7H2,1H3,(H2,14,16,17). The highest BCUT2D eigenvalue weighted by Crippen LogP contribution is 2.26. The monoisotopic (exact) mass is 272 g/mol. The Labute approximate surface area is 106 Å². The molecule has 1 aliphatic heterocycles. The molecule has 1 fully saturated rings. The van der Waals surface area contributed by atoms with Crippen LogP contribution in [0.2, 0.25) is 0 Å². The van der Waals surface area contributed by atoms with Crippen LogP contribution in [-0.2, 0) is 10.0 Å². The highest BCUT2D eigenvalue weighted by Gasteiger charge is 2.28. The lowest BCUT2D eigenvalue weighted by atomic mass is 9.96. The van der Waals surface area contributed by atoms with Crippen molar-refractivity contribution >= 4 is 10.0 Å². The van der Waals surface area contributed by atoms with Gasteiger partial charge >= 0.3 is 0 Å². The molecule has 18 heavy (non-hydrogen) atoms. The molecular weight excluding hydrogens is 255 g/mol. The summed E-state index contributed by atoms with van der Waals surface area (Å²) < 4.78 is 35.6. The van der Waals surface area contributed by atoms with Crippen molar-refractivity contribution in [3.63, 3.8) is 0 Å². The molecule has 6 heteroatoms. The van der Waals surface area contributed by atoms with Gasteiger partial charge in [0, 0.05) is 12.6 Å². The fourth-order valence-corrected chi connectivity index (χ4v) is 3.07. The van der Waals surface area contributed by atoms with E-state index in [-0.39, 0.29) is 11.9 Å². The van der Waals surface area contributed by atoms with Crippen molar-refractivity contribution in [3.8, 4) is 0 Å². The van der Waals surface area contributed by atoms with Gasteiger partial charge in [-0.15, -0.1) is 0 Å². The lowest BCUT2D eigenvalue weighted by molar-refractivity contribution is 0.407. The number of hydrogen-bond donors (Lipinski definition) is 2. The van der Waals surface area contributed by atoms with E-state index >= 15 is 0 Å². The average molecular weight is 272 g/mol.